The molecular formula is C16H23NO. The summed E-state index contributed by atoms with van der Waals surface area (Å²) in [6.07, 6.45) is 10.6. The van der Waals surface area contributed by atoms with Gasteiger partial charge in [0.25, 0.3) is 0 Å². The predicted octanol–water partition coefficient (Wildman–Crippen LogP) is 4.04. The minimum atomic E-state index is 0.0902. The third kappa shape index (κ3) is 3.18. The van der Waals surface area contributed by atoms with E-state index >= 15 is 0 Å². The molecule has 0 aromatic carbocycles. The molecule has 1 heterocycles. The van der Waals surface area contributed by atoms with Crippen LogP contribution in [0, 0.1) is 0 Å². The second kappa shape index (κ2) is 6.67. The average Bonchev–Trinajstić information content (AvgIpc) is 2.82. The lowest BCUT2D eigenvalue weighted by molar-refractivity contribution is -0.120. The van der Waals surface area contributed by atoms with E-state index < -0.39 is 0 Å². The van der Waals surface area contributed by atoms with Crippen LogP contribution in [0.2, 0.25) is 0 Å². The fraction of sp³-hybridized carbons (Fsp3) is 0.625. The molecule has 2 rings (SSSR count). The van der Waals surface area contributed by atoms with Gasteiger partial charge in [-0.25, -0.2) is 0 Å². The normalized spacial score (nSPS) is 17.7. The van der Waals surface area contributed by atoms with Gasteiger partial charge in [0.2, 0.25) is 0 Å². The number of unbranched alkanes of at least 4 members (excludes halogenated alkanes) is 4. The molecule has 1 aromatic heterocycles. The Morgan fingerprint density at radius 1 is 1.33 bits per heavy atom. The first-order valence-corrected chi connectivity index (χ1v) is 7.29. The van der Waals surface area contributed by atoms with Crippen LogP contribution in [0.15, 0.2) is 18.3 Å². The third-order valence-corrected chi connectivity index (χ3v) is 3.87. The number of hydrogen-bond acceptors (Lipinski definition) is 2. The summed E-state index contributed by atoms with van der Waals surface area (Å²) < 4.78 is 0. The molecule has 1 atom stereocenters. The van der Waals surface area contributed by atoms with Crippen LogP contribution in [0.5, 0.6) is 0 Å². The summed E-state index contributed by atoms with van der Waals surface area (Å²) in [7, 11) is 0. The van der Waals surface area contributed by atoms with Crippen molar-refractivity contribution in [2.24, 2.45) is 0 Å². The molecule has 18 heavy (non-hydrogen) atoms. The van der Waals surface area contributed by atoms with Crippen LogP contribution in [-0.2, 0) is 11.2 Å². The van der Waals surface area contributed by atoms with E-state index in [9.17, 15) is 4.79 Å². The van der Waals surface area contributed by atoms with E-state index in [-0.39, 0.29) is 5.92 Å². The molecule has 0 bridgehead atoms. The van der Waals surface area contributed by atoms with Crippen molar-refractivity contribution in [3.05, 3.63) is 29.6 Å². The maximum atomic E-state index is 12.2. The fourth-order valence-corrected chi connectivity index (χ4v) is 2.80. The van der Waals surface area contributed by atoms with Crippen LogP contribution in [-0.4, -0.2) is 10.8 Å². The number of carbonyl (C=O) groups excluding carboxylic acids is 1. The molecule has 0 spiro atoms. The molecule has 1 unspecified atom stereocenters. The maximum absolute atomic E-state index is 12.2. The van der Waals surface area contributed by atoms with Gasteiger partial charge in [0.1, 0.15) is 5.78 Å². The van der Waals surface area contributed by atoms with Crippen molar-refractivity contribution in [2.45, 2.75) is 64.2 Å². The highest BCUT2D eigenvalue weighted by molar-refractivity contribution is 5.86. The Labute approximate surface area is 110 Å². The first-order valence-electron chi connectivity index (χ1n) is 7.29. The van der Waals surface area contributed by atoms with E-state index in [0.29, 0.717) is 5.78 Å². The van der Waals surface area contributed by atoms with Gasteiger partial charge in [-0.1, -0.05) is 38.7 Å². The number of pyridine rings is 1. The second-order valence-corrected chi connectivity index (χ2v) is 5.27. The van der Waals surface area contributed by atoms with Crippen LogP contribution >= 0.6 is 0 Å². The second-order valence-electron chi connectivity index (χ2n) is 5.27. The van der Waals surface area contributed by atoms with E-state index in [1.165, 1.54) is 31.2 Å². The van der Waals surface area contributed by atoms with E-state index in [2.05, 4.69) is 18.0 Å². The first-order chi connectivity index (χ1) is 8.83. The monoisotopic (exact) mass is 245 g/mol. The summed E-state index contributed by atoms with van der Waals surface area (Å²) in [5, 5.41) is 0. The summed E-state index contributed by atoms with van der Waals surface area (Å²) in [6.45, 7) is 2.21. The van der Waals surface area contributed by atoms with Crippen LogP contribution in [0.4, 0.5) is 0 Å². The number of fused-ring (bicyclic) bond motifs is 1. The van der Waals surface area contributed by atoms with Crippen molar-refractivity contribution in [3.63, 3.8) is 0 Å². The molecule has 0 saturated carbocycles. The Kier molecular flexibility index (Phi) is 4.91. The molecule has 98 valence electrons. The van der Waals surface area contributed by atoms with Crippen molar-refractivity contribution < 1.29 is 4.79 Å². The predicted molar refractivity (Wildman–Crippen MR) is 73.7 cm³/mol. The lowest BCUT2D eigenvalue weighted by atomic mass is 9.96. The highest BCUT2D eigenvalue weighted by Crippen LogP contribution is 2.32. The lowest BCUT2D eigenvalue weighted by Crippen LogP contribution is -2.10. The van der Waals surface area contributed by atoms with Gasteiger partial charge in [-0.05, 0) is 30.9 Å². The topological polar surface area (TPSA) is 30.0 Å². The molecule has 0 aliphatic heterocycles. The number of hydrogen-bond donors (Lipinski definition) is 0. The summed E-state index contributed by atoms with van der Waals surface area (Å²) in [5.41, 5.74) is 2.33. The number of ketones is 1. The van der Waals surface area contributed by atoms with Crippen LogP contribution in [0.1, 0.15) is 69.0 Å². The van der Waals surface area contributed by atoms with Gasteiger partial charge in [0.15, 0.2) is 0 Å². The van der Waals surface area contributed by atoms with Gasteiger partial charge >= 0.3 is 0 Å². The molecule has 0 radical (unpaired) electrons. The molecular weight excluding hydrogens is 222 g/mol. The molecule has 0 N–H and O–H groups in total. The van der Waals surface area contributed by atoms with Crippen LogP contribution in [0.3, 0.4) is 0 Å². The zero-order chi connectivity index (χ0) is 12.8. The average molecular weight is 245 g/mol. The zero-order valence-corrected chi connectivity index (χ0v) is 11.3. The van der Waals surface area contributed by atoms with Crippen molar-refractivity contribution in [1.29, 1.82) is 0 Å². The SMILES string of the molecule is CCCCCCCC(=O)C1CCc2cccnc21. The summed E-state index contributed by atoms with van der Waals surface area (Å²) in [4.78, 5) is 16.6. The molecule has 2 heteroatoms. The van der Waals surface area contributed by atoms with Gasteiger partial charge < -0.3 is 0 Å². The largest absolute Gasteiger partial charge is 0.299 e. The molecule has 0 amide bonds. The molecule has 1 aliphatic carbocycles. The Morgan fingerprint density at radius 2 is 2.17 bits per heavy atom. The minimum Gasteiger partial charge on any atom is -0.299 e. The number of Topliss-reactive ketones (excluding diaryl/α,β-unsaturated/α-hetero) is 1. The van der Waals surface area contributed by atoms with Crippen molar-refractivity contribution in [3.8, 4) is 0 Å². The Bertz CT molecular complexity index is 400. The highest BCUT2D eigenvalue weighted by atomic mass is 16.1. The Morgan fingerprint density at radius 3 is 3.00 bits per heavy atom. The van der Waals surface area contributed by atoms with Gasteiger partial charge in [-0.3, -0.25) is 9.78 Å². The summed E-state index contributed by atoms with van der Waals surface area (Å²) >= 11 is 0. The van der Waals surface area contributed by atoms with Gasteiger partial charge in [-0.2, -0.15) is 0 Å². The number of rotatable bonds is 7. The molecule has 0 saturated heterocycles. The number of nitrogens with zero attached hydrogens (tertiary/aromatic N) is 1. The zero-order valence-electron chi connectivity index (χ0n) is 11.3. The fourth-order valence-electron chi connectivity index (χ4n) is 2.80. The number of carbonyl (C=O) groups is 1. The van der Waals surface area contributed by atoms with E-state index in [1.54, 1.807) is 0 Å². The smallest absolute Gasteiger partial charge is 0.141 e. The van der Waals surface area contributed by atoms with Crippen molar-refractivity contribution in [2.75, 3.05) is 0 Å². The number of aryl methyl sites for hydroxylation is 1. The van der Waals surface area contributed by atoms with Crippen LogP contribution in [0.25, 0.3) is 0 Å². The quantitative estimate of drug-likeness (QED) is 0.678. The molecule has 1 aliphatic rings. The highest BCUT2D eigenvalue weighted by Gasteiger charge is 2.28. The molecule has 0 fully saturated rings. The maximum Gasteiger partial charge on any atom is 0.141 e. The molecule has 1 aromatic rings. The number of aromatic nitrogens is 1. The lowest BCUT2D eigenvalue weighted by Gasteiger charge is -2.09. The molecule has 2 nitrogen and oxygen atoms in total. The Balaban J connectivity index is 1.80. The Hall–Kier alpha value is -1.18. The van der Waals surface area contributed by atoms with Crippen LogP contribution < -0.4 is 0 Å². The third-order valence-electron chi connectivity index (χ3n) is 3.87. The summed E-state index contributed by atoms with van der Waals surface area (Å²) in [6, 6.07) is 4.08. The van der Waals surface area contributed by atoms with E-state index in [4.69, 9.17) is 0 Å². The van der Waals surface area contributed by atoms with E-state index in [0.717, 1.165) is 31.4 Å². The first kappa shape index (κ1) is 13.3. The van der Waals surface area contributed by atoms with Crippen molar-refractivity contribution >= 4 is 5.78 Å². The van der Waals surface area contributed by atoms with Crippen molar-refractivity contribution in [1.82, 2.24) is 4.98 Å². The standard InChI is InChI=1S/C16H23NO/c1-2-3-4-5-6-9-15(18)14-11-10-13-8-7-12-17-16(13)14/h7-8,12,14H,2-6,9-11H2,1H3. The summed E-state index contributed by atoms with van der Waals surface area (Å²) in [5.74, 6) is 0.497. The van der Waals surface area contributed by atoms with Gasteiger partial charge in [0, 0.05) is 12.6 Å². The minimum absolute atomic E-state index is 0.0902. The van der Waals surface area contributed by atoms with Gasteiger partial charge in [0.05, 0.1) is 11.6 Å². The van der Waals surface area contributed by atoms with Gasteiger partial charge in [-0.15, -0.1) is 0 Å². The van der Waals surface area contributed by atoms with E-state index in [1.807, 2.05) is 12.3 Å².